The summed E-state index contributed by atoms with van der Waals surface area (Å²) in [6, 6.07) is 0. The van der Waals surface area contributed by atoms with Crippen LogP contribution in [0.4, 0.5) is 0 Å². The second kappa shape index (κ2) is 12.2. The highest BCUT2D eigenvalue weighted by molar-refractivity contribution is 5.68. The molecule has 0 unspecified atom stereocenters. The monoisotopic (exact) mass is 288 g/mol. The molecule has 0 aliphatic heterocycles. The van der Waals surface area contributed by atoms with Crippen LogP contribution in [0.2, 0.25) is 0 Å². The second-order valence-electron chi connectivity index (χ2n) is 5.84. The maximum atomic E-state index is 10.9. The lowest BCUT2D eigenvalue weighted by Gasteiger charge is -2.17. The molecule has 0 rings (SSSR count). The first-order valence-corrected chi connectivity index (χ1v) is 7.92. The van der Waals surface area contributed by atoms with E-state index < -0.39 is 6.10 Å². The van der Waals surface area contributed by atoms with E-state index in [0.717, 1.165) is 44.9 Å². The van der Waals surface area contributed by atoms with Gasteiger partial charge in [0.25, 0.3) is 0 Å². The summed E-state index contributed by atoms with van der Waals surface area (Å²) >= 11 is 0. The number of carbonyl (C=O) groups excluding carboxylic acids is 1. The number of hydrogen-bond donors (Lipinski definition) is 2. The third kappa shape index (κ3) is 11.2. The molecule has 0 aliphatic carbocycles. The zero-order valence-corrected chi connectivity index (χ0v) is 13.3. The molecule has 4 nitrogen and oxygen atoms in total. The van der Waals surface area contributed by atoms with Gasteiger partial charge in [-0.25, -0.2) is 0 Å². The molecule has 3 atom stereocenters. The SMILES string of the molecule is CCC[C@H](O)C[C@@H](O)CC[C@H](C)CCCCC(=O)OC. The summed E-state index contributed by atoms with van der Waals surface area (Å²) in [6.45, 7) is 4.21. The maximum Gasteiger partial charge on any atom is 0.305 e. The topological polar surface area (TPSA) is 66.8 Å². The molecule has 0 spiro atoms. The van der Waals surface area contributed by atoms with Gasteiger partial charge in [-0.15, -0.1) is 0 Å². The van der Waals surface area contributed by atoms with Crippen LogP contribution < -0.4 is 0 Å². The molecule has 0 bridgehead atoms. The highest BCUT2D eigenvalue weighted by Gasteiger charge is 2.13. The number of hydrogen-bond acceptors (Lipinski definition) is 4. The molecule has 0 aromatic heterocycles. The summed E-state index contributed by atoms with van der Waals surface area (Å²) < 4.78 is 4.60. The quantitative estimate of drug-likeness (QED) is 0.428. The Morgan fingerprint density at radius 3 is 2.30 bits per heavy atom. The molecule has 20 heavy (non-hydrogen) atoms. The predicted octanol–water partition coefficient (Wildman–Crippen LogP) is 3.05. The Hall–Kier alpha value is -0.610. The Balaban J connectivity index is 3.56. The number of aliphatic hydroxyl groups is 2. The molecule has 0 fully saturated rings. The van der Waals surface area contributed by atoms with Gasteiger partial charge in [-0.3, -0.25) is 4.79 Å². The summed E-state index contributed by atoms with van der Waals surface area (Å²) in [5, 5.41) is 19.5. The molecule has 0 saturated heterocycles. The van der Waals surface area contributed by atoms with Crippen LogP contribution in [0.3, 0.4) is 0 Å². The largest absolute Gasteiger partial charge is 0.469 e. The maximum absolute atomic E-state index is 10.9. The van der Waals surface area contributed by atoms with Crippen LogP contribution in [-0.2, 0) is 9.53 Å². The van der Waals surface area contributed by atoms with Crippen LogP contribution in [-0.4, -0.2) is 35.5 Å². The molecule has 4 heteroatoms. The average molecular weight is 288 g/mol. The van der Waals surface area contributed by atoms with Gasteiger partial charge in [-0.2, -0.15) is 0 Å². The van der Waals surface area contributed by atoms with Crippen molar-refractivity contribution in [3.05, 3.63) is 0 Å². The summed E-state index contributed by atoms with van der Waals surface area (Å²) in [4.78, 5) is 10.9. The van der Waals surface area contributed by atoms with Gasteiger partial charge in [0.2, 0.25) is 0 Å². The predicted molar refractivity (Wildman–Crippen MR) is 80.4 cm³/mol. The Kier molecular flexibility index (Phi) is 11.8. The lowest BCUT2D eigenvalue weighted by atomic mass is 9.94. The van der Waals surface area contributed by atoms with Crippen molar-refractivity contribution >= 4 is 5.97 Å². The number of unbranched alkanes of at least 4 members (excludes halogenated alkanes) is 1. The van der Waals surface area contributed by atoms with Crippen molar-refractivity contribution in [2.24, 2.45) is 5.92 Å². The first-order valence-electron chi connectivity index (χ1n) is 7.92. The minimum atomic E-state index is -0.394. The van der Waals surface area contributed by atoms with E-state index in [1.54, 1.807) is 0 Å². The van der Waals surface area contributed by atoms with E-state index in [4.69, 9.17) is 0 Å². The van der Waals surface area contributed by atoms with E-state index in [1.165, 1.54) is 7.11 Å². The van der Waals surface area contributed by atoms with Crippen LogP contribution in [0.25, 0.3) is 0 Å². The minimum absolute atomic E-state index is 0.141. The molecule has 0 amide bonds. The molecule has 2 N–H and O–H groups in total. The fraction of sp³-hybridized carbons (Fsp3) is 0.938. The minimum Gasteiger partial charge on any atom is -0.469 e. The van der Waals surface area contributed by atoms with Gasteiger partial charge in [0.05, 0.1) is 19.3 Å². The van der Waals surface area contributed by atoms with Crippen molar-refractivity contribution in [2.45, 2.75) is 83.8 Å². The van der Waals surface area contributed by atoms with Gasteiger partial charge in [0, 0.05) is 6.42 Å². The summed E-state index contributed by atoms with van der Waals surface area (Å²) in [6.07, 6.45) is 6.61. The second-order valence-corrected chi connectivity index (χ2v) is 5.84. The fourth-order valence-electron chi connectivity index (χ4n) is 2.37. The molecular weight excluding hydrogens is 256 g/mol. The molecule has 0 heterocycles. The number of carbonyl (C=O) groups is 1. The Morgan fingerprint density at radius 2 is 1.70 bits per heavy atom. The van der Waals surface area contributed by atoms with Crippen LogP contribution in [0, 0.1) is 5.92 Å². The van der Waals surface area contributed by atoms with Gasteiger partial charge in [0.15, 0.2) is 0 Å². The fourth-order valence-corrected chi connectivity index (χ4v) is 2.37. The third-order valence-electron chi connectivity index (χ3n) is 3.71. The summed E-state index contributed by atoms with van der Waals surface area (Å²) in [5.74, 6) is 0.406. The Labute approximate surface area is 123 Å². The number of rotatable bonds is 12. The Morgan fingerprint density at radius 1 is 1.05 bits per heavy atom. The zero-order chi connectivity index (χ0) is 15.4. The molecule has 0 radical (unpaired) electrons. The highest BCUT2D eigenvalue weighted by atomic mass is 16.5. The summed E-state index contributed by atoms with van der Waals surface area (Å²) in [7, 11) is 1.42. The van der Waals surface area contributed by atoms with E-state index in [9.17, 15) is 15.0 Å². The van der Waals surface area contributed by atoms with Gasteiger partial charge in [0.1, 0.15) is 0 Å². The first kappa shape index (κ1) is 19.4. The van der Waals surface area contributed by atoms with Gasteiger partial charge in [-0.05, 0) is 38.0 Å². The molecule has 0 aromatic rings. The van der Waals surface area contributed by atoms with E-state index in [-0.39, 0.29) is 12.1 Å². The number of ether oxygens (including phenoxy) is 1. The molecule has 120 valence electrons. The van der Waals surface area contributed by atoms with E-state index >= 15 is 0 Å². The lowest BCUT2D eigenvalue weighted by Crippen LogP contribution is -2.18. The Bertz CT molecular complexity index is 243. The van der Waals surface area contributed by atoms with Crippen LogP contribution in [0.15, 0.2) is 0 Å². The van der Waals surface area contributed by atoms with Gasteiger partial charge < -0.3 is 14.9 Å². The summed E-state index contributed by atoms with van der Waals surface area (Å²) in [5.41, 5.74) is 0. The van der Waals surface area contributed by atoms with Gasteiger partial charge >= 0.3 is 5.97 Å². The smallest absolute Gasteiger partial charge is 0.305 e. The van der Waals surface area contributed by atoms with Crippen molar-refractivity contribution in [3.63, 3.8) is 0 Å². The third-order valence-corrected chi connectivity index (χ3v) is 3.71. The van der Waals surface area contributed by atoms with Crippen molar-refractivity contribution in [1.29, 1.82) is 0 Å². The highest BCUT2D eigenvalue weighted by Crippen LogP contribution is 2.18. The van der Waals surface area contributed by atoms with Crippen LogP contribution in [0.5, 0.6) is 0 Å². The zero-order valence-electron chi connectivity index (χ0n) is 13.3. The standard InChI is InChI=1S/C16H32O4/c1-4-7-14(17)12-15(18)11-10-13(2)8-5-6-9-16(19)20-3/h13-15,17-18H,4-12H2,1-3H3/t13-,14+,15+/m1/s1. The van der Waals surface area contributed by atoms with Crippen molar-refractivity contribution in [1.82, 2.24) is 0 Å². The van der Waals surface area contributed by atoms with E-state index in [1.807, 2.05) is 6.92 Å². The molecule has 0 aliphatic rings. The number of aliphatic hydroxyl groups excluding tert-OH is 2. The molecule has 0 aromatic carbocycles. The van der Waals surface area contributed by atoms with Crippen molar-refractivity contribution in [3.8, 4) is 0 Å². The number of methoxy groups -OCH3 is 1. The number of esters is 1. The lowest BCUT2D eigenvalue weighted by molar-refractivity contribution is -0.140. The van der Waals surface area contributed by atoms with Crippen LogP contribution in [0.1, 0.15) is 71.6 Å². The van der Waals surface area contributed by atoms with Crippen LogP contribution >= 0.6 is 0 Å². The molecule has 0 saturated carbocycles. The first-order chi connectivity index (χ1) is 9.49. The normalized spacial score (nSPS) is 15.7. The van der Waals surface area contributed by atoms with E-state index in [0.29, 0.717) is 18.8 Å². The molecular formula is C16H32O4. The van der Waals surface area contributed by atoms with E-state index in [2.05, 4.69) is 11.7 Å². The van der Waals surface area contributed by atoms with Crippen molar-refractivity contribution in [2.75, 3.05) is 7.11 Å². The van der Waals surface area contributed by atoms with Crippen molar-refractivity contribution < 1.29 is 19.7 Å². The average Bonchev–Trinajstić information content (AvgIpc) is 2.41. The van der Waals surface area contributed by atoms with Gasteiger partial charge in [-0.1, -0.05) is 33.1 Å².